The van der Waals surface area contributed by atoms with Crippen molar-refractivity contribution in [3.63, 3.8) is 0 Å². The Morgan fingerprint density at radius 3 is 2.79 bits per heavy atom. The molecule has 7 nitrogen and oxygen atoms in total. The summed E-state index contributed by atoms with van der Waals surface area (Å²) in [4.78, 5) is 12.6. The van der Waals surface area contributed by atoms with Crippen LogP contribution in [0.2, 0.25) is 0 Å². The number of carbonyl (C=O) groups excluding carboxylic acids is 1. The number of hydrogen-bond acceptors (Lipinski definition) is 6. The summed E-state index contributed by atoms with van der Waals surface area (Å²) in [6, 6.07) is 4.91. The van der Waals surface area contributed by atoms with Gasteiger partial charge in [0.05, 0.1) is 12.5 Å². The van der Waals surface area contributed by atoms with Crippen molar-refractivity contribution in [3.8, 4) is 11.5 Å². The van der Waals surface area contributed by atoms with Gasteiger partial charge < -0.3 is 14.2 Å². The summed E-state index contributed by atoms with van der Waals surface area (Å²) in [7, 11) is -3.77. The Morgan fingerprint density at radius 1 is 1.21 bits per heavy atom. The Morgan fingerprint density at radius 2 is 2.00 bits per heavy atom. The predicted octanol–water partition coefficient (Wildman–Crippen LogP) is 2.08. The Labute approximate surface area is 165 Å². The molecule has 1 aromatic rings. The third-order valence-corrected chi connectivity index (χ3v) is 7.63. The summed E-state index contributed by atoms with van der Waals surface area (Å²) in [5.74, 6) is 0.0602. The molecule has 152 valence electrons. The molecule has 1 fully saturated rings. The van der Waals surface area contributed by atoms with Crippen molar-refractivity contribution in [2.24, 2.45) is 23.7 Å². The molecule has 0 saturated carbocycles. The molecule has 0 amide bonds. The van der Waals surface area contributed by atoms with E-state index in [0.717, 1.165) is 0 Å². The second-order valence-corrected chi connectivity index (χ2v) is 9.36. The summed E-state index contributed by atoms with van der Waals surface area (Å²) in [6.07, 6.45) is 4.04. The highest BCUT2D eigenvalue weighted by Crippen LogP contribution is 2.44. The molecule has 28 heavy (non-hydrogen) atoms. The summed E-state index contributed by atoms with van der Waals surface area (Å²) >= 11 is 0. The molecule has 4 atom stereocenters. The first kappa shape index (κ1) is 19.3. The van der Waals surface area contributed by atoms with Gasteiger partial charge in [-0.3, -0.25) is 4.79 Å². The van der Waals surface area contributed by atoms with Crippen LogP contribution < -0.4 is 9.47 Å². The molecule has 3 aliphatic rings. The minimum Gasteiger partial charge on any atom is -0.486 e. The molecule has 0 unspecified atom stereocenters. The van der Waals surface area contributed by atoms with Gasteiger partial charge in [-0.2, -0.15) is 4.31 Å². The fourth-order valence-corrected chi connectivity index (χ4v) is 6.10. The zero-order chi connectivity index (χ0) is 19.9. The molecular weight excluding hydrogens is 382 g/mol. The highest BCUT2D eigenvalue weighted by atomic mass is 32.2. The van der Waals surface area contributed by atoms with Crippen LogP contribution in [0.4, 0.5) is 0 Å². The van der Waals surface area contributed by atoms with Crippen molar-refractivity contribution < 1.29 is 27.4 Å². The number of rotatable bonds is 4. The van der Waals surface area contributed by atoms with E-state index >= 15 is 0 Å². The summed E-state index contributed by atoms with van der Waals surface area (Å²) in [5.41, 5.74) is 0. The standard InChI is InChI=1S/C20H25NO6S/c1-3-25-20(22)18-13(2)7-8-14-11-21(12-15(14)18)28(23,24)17-6-4-5-16-19(17)27-10-9-26-16/h4-8,13-15,18H,3,9-12H2,1-2H3/t13-,14-,15+,18+/m0/s1. The van der Waals surface area contributed by atoms with E-state index in [4.69, 9.17) is 14.2 Å². The van der Waals surface area contributed by atoms with Crippen LogP contribution in [0.15, 0.2) is 35.2 Å². The summed E-state index contributed by atoms with van der Waals surface area (Å²) in [6.45, 7) is 5.42. The van der Waals surface area contributed by atoms with Gasteiger partial charge in [0.1, 0.15) is 18.1 Å². The zero-order valence-electron chi connectivity index (χ0n) is 16.0. The fraction of sp³-hybridized carbons (Fsp3) is 0.550. The molecule has 1 aliphatic carbocycles. The molecular formula is C20H25NO6S. The molecule has 1 saturated heterocycles. The SMILES string of the molecule is CCOC(=O)[C@H]1[C@@H]2CN(S(=O)(=O)c3cccc4c3OCCO4)C[C@@H]2C=C[C@@H]1C. The van der Waals surface area contributed by atoms with Gasteiger partial charge in [-0.25, -0.2) is 8.42 Å². The third kappa shape index (κ3) is 3.18. The molecule has 1 aromatic carbocycles. The highest BCUT2D eigenvalue weighted by molar-refractivity contribution is 7.89. The number of carbonyl (C=O) groups is 1. The van der Waals surface area contributed by atoms with Crippen LogP contribution in [0.1, 0.15) is 13.8 Å². The quantitative estimate of drug-likeness (QED) is 0.561. The Kier molecular flexibility index (Phi) is 5.09. The first-order chi connectivity index (χ1) is 13.4. The van der Waals surface area contributed by atoms with E-state index in [1.165, 1.54) is 4.31 Å². The van der Waals surface area contributed by atoms with Gasteiger partial charge in [-0.05, 0) is 36.8 Å². The van der Waals surface area contributed by atoms with Crippen molar-refractivity contribution in [2.45, 2.75) is 18.7 Å². The topological polar surface area (TPSA) is 82.1 Å². The number of allylic oxidation sites excluding steroid dienone is 1. The summed E-state index contributed by atoms with van der Waals surface area (Å²) < 4.78 is 44.6. The molecule has 4 rings (SSSR count). The van der Waals surface area contributed by atoms with Crippen molar-refractivity contribution in [1.29, 1.82) is 0 Å². The van der Waals surface area contributed by atoms with Gasteiger partial charge in [0.25, 0.3) is 0 Å². The summed E-state index contributed by atoms with van der Waals surface area (Å²) in [5, 5.41) is 0. The van der Waals surface area contributed by atoms with E-state index in [1.54, 1.807) is 25.1 Å². The van der Waals surface area contributed by atoms with Gasteiger partial charge in [-0.1, -0.05) is 25.1 Å². The molecule has 2 aliphatic heterocycles. The number of nitrogens with zero attached hydrogens (tertiary/aromatic N) is 1. The fourth-order valence-electron chi connectivity index (χ4n) is 4.44. The maximum absolute atomic E-state index is 13.4. The smallest absolute Gasteiger partial charge is 0.309 e. The van der Waals surface area contributed by atoms with Crippen LogP contribution in [-0.2, 0) is 19.6 Å². The third-order valence-electron chi connectivity index (χ3n) is 5.78. The lowest BCUT2D eigenvalue weighted by atomic mass is 9.73. The predicted molar refractivity (Wildman–Crippen MR) is 102 cm³/mol. The molecule has 0 aromatic heterocycles. The number of sulfonamides is 1. The van der Waals surface area contributed by atoms with Crippen LogP contribution >= 0.6 is 0 Å². The normalized spacial score (nSPS) is 29.4. The van der Waals surface area contributed by atoms with Gasteiger partial charge in [-0.15, -0.1) is 0 Å². The van der Waals surface area contributed by atoms with Crippen LogP contribution in [-0.4, -0.2) is 51.6 Å². The van der Waals surface area contributed by atoms with Gasteiger partial charge in [0, 0.05) is 13.1 Å². The van der Waals surface area contributed by atoms with Gasteiger partial charge >= 0.3 is 5.97 Å². The second-order valence-electron chi connectivity index (χ2n) is 7.45. The lowest BCUT2D eigenvalue weighted by Crippen LogP contribution is -2.37. The second kappa shape index (κ2) is 7.40. The molecule has 2 heterocycles. The van der Waals surface area contributed by atoms with E-state index in [2.05, 4.69) is 0 Å². The van der Waals surface area contributed by atoms with Crippen LogP contribution in [0, 0.1) is 23.7 Å². The number of fused-ring (bicyclic) bond motifs is 2. The lowest BCUT2D eigenvalue weighted by molar-refractivity contribution is -0.152. The van der Waals surface area contributed by atoms with Gasteiger partial charge in [0.15, 0.2) is 11.5 Å². The van der Waals surface area contributed by atoms with Crippen LogP contribution in [0.3, 0.4) is 0 Å². The van der Waals surface area contributed by atoms with Crippen molar-refractivity contribution in [2.75, 3.05) is 32.9 Å². The highest BCUT2D eigenvalue weighted by Gasteiger charge is 2.48. The van der Waals surface area contributed by atoms with Crippen LogP contribution in [0.5, 0.6) is 11.5 Å². The largest absolute Gasteiger partial charge is 0.486 e. The average Bonchev–Trinajstić information content (AvgIpc) is 3.12. The minimum absolute atomic E-state index is 0.00270. The monoisotopic (exact) mass is 407 g/mol. The molecule has 0 bridgehead atoms. The number of ether oxygens (including phenoxy) is 3. The minimum atomic E-state index is -3.77. The number of hydrogen-bond donors (Lipinski definition) is 0. The maximum atomic E-state index is 13.4. The van der Waals surface area contributed by atoms with E-state index in [1.807, 2.05) is 19.1 Å². The zero-order valence-corrected chi connectivity index (χ0v) is 16.9. The van der Waals surface area contributed by atoms with E-state index in [-0.39, 0.29) is 46.8 Å². The van der Waals surface area contributed by atoms with Crippen LogP contribution in [0.25, 0.3) is 0 Å². The number of benzene rings is 1. The van der Waals surface area contributed by atoms with Gasteiger partial charge in [0.2, 0.25) is 10.0 Å². The van der Waals surface area contributed by atoms with E-state index in [0.29, 0.717) is 32.1 Å². The first-order valence-electron chi connectivity index (χ1n) is 9.67. The first-order valence-corrected chi connectivity index (χ1v) is 11.1. The Bertz CT molecular complexity index is 896. The Hall–Kier alpha value is -2.06. The number of esters is 1. The molecule has 0 N–H and O–H groups in total. The van der Waals surface area contributed by atoms with Crippen molar-refractivity contribution in [3.05, 3.63) is 30.4 Å². The Balaban J connectivity index is 1.63. The molecule has 0 spiro atoms. The van der Waals surface area contributed by atoms with Crippen molar-refractivity contribution >= 4 is 16.0 Å². The van der Waals surface area contributed by atoms with Crippen molar-refractivity contribution in [1.82, 2.24) is 4.31 Å². The molecule has 8 heteroatoms. The average molecular weight is 407 g/mol. The number of para-hydroxylation sites is 1. The maximum Gasteiger partial charge on any atom is 0.309 e. The van der Waals surface area contributed by atoms with E-state index < -0.39 is 10.0 Å². The van der Waals surface area contributed by atoms with E-state index in [9.17, 15) is 13.2 Å². The molecule has 0 radical (unpaired) electrons. The lowest BCUT2D eigenvalue weighted by Gasteiger charge is -2.32.